The zero-order chi connectivity index (χ0) is 81.5. The van der Waals surface area contributed by atoms with Crippen molar-refractivity contribution in [2.24, 2.45) is 45.3 Å². The van der Waals surface area contributed by atoms with E-state index in [-0.39, 0.29) is 152 Å². The number of thiol groups is 1. The van der Waals surface area contributed by atoms with Gasteiger partial charge in [0.05, 0.1) is 70.0 Å². The highest BCUT2D eigenvalue weighted by Crippen LogP contribution is 2.35. The summed E-state index contributed by atoms with van der Waals surface area (Å²) in [7, 11) is 2.60. The third-order valence-electron chi connectivity index (χ3n) is 16.6. The fourth-order valence-corrected chi connectivity index (χ4v) is 10.9. The number of methoxy groups -OCH3 is 2. The Kier molecular flexibility index (Phi) is 45.6. The number of carboxylic acid groups (broad SMARTS) is 1. The Balaban J connectivity index is 2.53. The van der Waals surface area contributed by atoms with Gasteiger partial charge in [-0.3, -0.25) is 77.4 Å². The number of carboxylic acids is 1. The van der Waals surface area contributed by atoms with Crippen LogP contribution in [0.2, 0.25) is 0 Å². The lowest BCUT2D eigenvalue weighted by molar-refractivity contribution is -0.385. The summed E-state index contributed by atoms with van der Waals surface area (Å²) in [5, 5.41) is 53.3. The number of rotatable bonds is 54. The van der Waals surface area contributed by atoms with Gasteiger partial charge in [0.1, 0.15) is 54.9 Å². The van der Waals surface area contributed by atoms with Crippen LogP contribution in [0.15, 0.2) is 17.1 Å². The maximum Gasteiger partial charge on any atom is 0.407 e. The van der Waals surface area contributed by atoms with Crippen LogP contribution in [-0.4, -0.2) is 257 Å². The minimum absolute atomic E-state index is 0.0217. The molecule has 612 valence electrons. The number of nitrogens with zero attached hydrogens (tertiary/aromatic N) is 3. The highest BCUT2D eigenvalue weighted by atomic mass is 32.1. The van der Waals surface area contributed by atoms with Gasteiger partial charge in [0.15, 0.2) is 17.5 Å². The molecule has 43 nitrogen and oxygen atoms in total. The fraction of sp³-hybridized carbons (Fsp3) is 0.662. The van der Waals surface area contributed by atoms with Gasteiger partial charge in [0.2, 0.25) is 76.8 Å². The molecule has 1 heterocycles. The maximum absolute atomic E-state index is 14.9. The number of carbonyl (C=O) groups is 15. The van der Waals surface area contributed by atoms with E-state index in [1.54, 1.807) is 13.8 Å². The predicted molar refractivity (Wildman–Crippen MR) is 396 cm³/mol. The Morgan fingerprint density at radius 2 is 1.00 bits per heavy atom. The van der Waals surface area contributed by atoms with E-state index in [9.17, 15) is 82.0 Å². The number of carbonyl (C=O) groups excluding carboxylic acids is 14. The van der Waals surface area contributed by atoms with Gasteiger partial charge in [-0.05, 0) is 134 Å². The fourth-order valence-electron chi connectivity index (χ4n) is 10.6. The van der Waals surface area contributed by atoms with E-state index < -0.39 is 193 Å². The molecule has 44 heteroatoms. The molecule has 2 rings (SSSR count). The highest BCUT2D eigenvalue weighted by Gasteiger charge is 2.38. The number of nitrogens with one attached hydrogen (secondary N) is 13. The molecule has 8 atom stereocenters. The van der Waals surface area contributed by atoms with Crippen molar-refractivity contribution in [1.29, 1.82) is 0 Å². The number of nitrogens with two attached hydrogens (primary N) is 6. The number of benzene rings is 1. The molecule has 109 heavy (non-hydrogen) atoms. The first-order chi connectivity index (χ1) is 51.9. The van der Waals surface area contributed by atoms with Crippen molar-refractivity contribution in [3.8, 4) is 11.5 Å². The normalized spacial score (nSPS) is 14.1. The van der Waals surface area contributed by atoms with E-state index in [2.05, 4.69) is 86.7 Å². The van der Waals surface area contributed by atoms with Gasteiger partial charge in [0.25, 0.3) is 5.69 Å². The van der Waals surface area contributed by atoms with Crippen LogP contribution >= 0.6 is 12.6 Å². The number of likely N-dealkylation sites (tertiary alicyclic amines) is 1. The van der Waals surface area contributed by atoms with Crippen LogP contribution in [0, 0.1) is 16.0 Å². The molecule has 0 radical (unpaired) electrons. The molecule has 1 fully saturated rings. The van der Waals surface area contributed by atoms with Gasteiger partial charge in [-0.15, -0.1) is 0 Å². The topological polar surface area (TPSA) is 675 Å². The van der Waals surface area contributed by atoms with Crippen LogP contribution in [0.25, 0.3) is 0 Å². The average Bonchev–Trinajstić information content (AvgIpc) is 1.05. The second kappa shape index (κ2) is 52.5. The summed E-state index contributed by atoms with van der Waals surface area (Å²) in [6.45, 7) is -0.253. The van der Waals surface area contributed by atoms with E-state index >= 15 is 0 Å². The van der Waals surface area contributed by atoms with Gasteiger partial charge >= 0.3 is 12.1 Å². The SMILES string of the molecule is COc1cc(COC(=O)NCCCC[C@H](NC(=O)[C@H](CCCCN)NC(=O)[C@@H]2CCCN2C(=O)CNC(=O)CNC(=O)CN)C(=O)N[C@@H](CCCCN)C(=O)N[C@@H](CCCN=C(N)N)C(=O)N[C@@H](CCCCN)C(=O)N[C@H](C(=O)NCC(=O)NCC(=O)NCC(=O)N[C@@H](CS)C(=O)O)C(C)C)c([N+](=O)[O-])cc1OC. The molecule has 1 aromatic carbocycles. The second-order valence-corrected chi connectivity index (χ2v) is 25.7. The number of alkyl carbamates (subject to hydrolysis) is 1. The summed E-state index contributed by atoms with van der Waals surface area (Å²) in [6.07, 6.45) is 1.09. The second-order valence-electron chi connectivity index (χ2n) is 25.3. The van der Waals surface area contributed by atoms with Crippen molar-refractivity contribution < 1.29 is 96.2 Å². The summed E-state index contributed by atoms with van der Waals surface area (Å²) < 4.78 is 15.7. The van der Waals surface area contributed by atoms with Crippen LogP contribution < -0.4 is 113 Å². The molecule has 0 unspecified atom stereocenters. The third kappa shape index (κ3) is 36.8. The molecular formula is C65H110N22O21S. The van der Waals surface area contributed by atoms with E-state index in [1.807, 2.05) is 0 Å². The molecule has 26 N–H and O–H groups in total. The van der Waals surface area contributed by atoms with Gasteiger partial charge < -0.3 is 128 Å². The van der Waals surface area contributed by atoms with Crippen molar-refractivity contribution in [2.45, 2.75) is 172 Å². The van der Waals surface area contributed by atoms with Crippen molar-refractivity contribution in [3.05, 3.63) is 27.8 Å². The molecule has 1 aliphatic rings. The van der Waals surface area contributed by atoms with Crippen molar-refractivity contribution >= 4 is 113 Å². The van der Waals surface area contributed by atoms with E-state index in [4.69, 9.17) is 53.7 Å². The van der Waals surface area contributed by atoms with Gasteiger partial charge in [-0.1, -0.05) is 13.8 Å². The van der Waals surface area contributed by atoms with Crippen LogP contribution in [0.5, 0.6) is 11.5 Å². The third-order valence-corrected chi connectivity index (χ3v) is 17.0. The van der Waals surface area contributed by atoms with Crippen LogP contribution in [0.3, 0.4) is 0 Å². The lowest BCUT2D eigenvalue weighted by Crippen LogP contribution is -2.60. The molecular weight excluding hydrogens is 1460 g/mol. The minimum Gasteiger partial charge on any atom is -0.493 e. The van der Waals surface area contributed by atoms with Crippen molar-refractivity contribution in [1.82, 2.24) is 74.0 Å². The first kappa shape index (κ1) is 94.6. The largest absolute Gasteiger partial charge is 0.493 e. The van der Waals surface area contributed by atoms with E-state index in [1.165, 1.54) is 25.2 Å². The van der Waals surface area contributed by atoms with Crippen molar-refractivity contribution in [3.63, 3.8) is 0 Å². The molecule has 0 saturated carbocycles. The monoisotopic (exact) mass is 1570 g/mol. The summed E-state index contributed by atoms with van der Waals surface area (Å²) in [6, 6.07) is -8.61. The Morgan fingerprint density at radius 1 is 0.560 bits per heavy atom. The Bertz CT molecular complexity index is 3260. The molecule has 0 bridgehead atoms. The van der Waals surface area contributed by atoms with Crippen LogP contribution in [-0.2, 0) is 78.5 Å². The standard InChI is InChI=1S/C65H110N22O21S/c1-37(2)55(62(100)78-32-52(91)75-31-50(89)76-33-53(92)79-44(36-109)63(101)102)85-60(98)42(17-7-11-23-68)82-59(97)43(19-13-25-72-64(70)71)83-56(94)39(15-5-9-21-66)80-57(95)40(18-8-12-24-73-65(103)108-35-38-27-47(106-3)48(107-4)28-46(38)87(104)105)81-58(96)41(16-6-10-22-67)84-61(99)45-20-14-26-86(45)54(93)34-77-51(90)30-74-49(88)29-69/h27-28,37,39-45,55,109H,5-26,29-36,66-69H2,1-4H3,(H,73,103)(H,74,88)(H,75,91)(H,76,89)(H,77,90)(H,78,100)(H,79,92)(H,80,95)(H,81,96)(H,82,97)(H,83,94)(H,84,99)(H,85,98)(H,101,102)(H4,70,71,72)/t39-,40-,41-,42-,43-,44-,45-,55-/m0/s1. The first-order valence-electron chi connectivity index (χ1n) is 35.6. The Labute approximate surface area is 635 Å². The quantitative estimate of drug-likeness (QED) is 0.00720. The maximum atomic E-state index is 14.9. The summed E-state index contributed by atoms with van der Waals surface area (Å²) >= 11 is 3.85. The Morgan fingerprint density at radius 3 is 1.45 bits per heavy atom. The lowest BCUT2D eigenvalue weighted by atomic mass is 10.0. The molecule has 1 saturated heterocycles. The number of amides is 14. The summed E-state index contributed by atoms with van der Waals surface area (Å²) in [5.74, 6) is -12.9. The first-order valence-corrected chi connectivity index (χ1v) is 36.3. The number of aliphatic imine (C=N–C) groups is 1. The lowest BCUT2D eigenvalue weighted by Gasteiger charge is -2.29. The number of nitro benzene ring substituents is 1. The van der Waals surface area contributed by atoms with Gasteiger partial charge in [-0.2, -0.15) is 12.6 Å². The van der Waals surface area contributed by atoms with Gasteiger partial charge in [0, 0.05) is 25.4 Å². The molecule has 0 spiro atoms. The summed E-state index contributed by atoms with van der Waals surface area (Å²) in [4.78, 5) is 216. The van der Waals surface area contributed by atoms with Crippen LogP contribution in [0.4, 0.5) is 10.5 Å². The van der Waals surface area contributed by atoms with E-state index in [0.717, 1.165) is 6.07 Å². The molecule has 1 aliphatic heterocycles. The molecule has 0 aliphatic carbocycles. The molecule has 1 aromatic rings. The smallest absolute Gasteiger partial charge is 0.407 e. The zero-order valence-electron chi connectivity index (χ0n) is 61.9. The number of aliphatic carboxylic acids is 1. The number of nitro groups is 1. The van der Waals surface area contributed by atoms with Crippen LogP contribution in [0.1, 0.15) is 122 Å². The number of hydrogen-bond acceptors (Lipinski definition) is 26. The highest BCUT2D eigenvalue weighted by molar-refractivity contribution is 7.80. The minimum atomic E-state index is -1.51. The summed E-state index contributed by atoms with van der Waals surface area (Å²) in [5.41, 5.74) is 33.5. The Hall–Kier alpha value is -10.5. The average molecular weight is 1570 g/mol. The number of ether oxygens (including phenoxy) is 3. The van der Waals surface area contributed by atoms with Crippen molar-refractivity contribution in [2.75, 3.05) is 98.5 Å². The van der Waals surface area contributed by atoms with E-state index in [0.29, 0.717) is 25.7 Å². The van der Waals surface area contributed by atoms with Gasteiger partial charge in [-0.25, -0.2) is 9.59 Å². The molecule has 14 amide bonds. The number of unbranched alkanes of at least 4 members (excludes halogenated alkanes) is 4. The number of guanidine groups is 1. The predicted octanol–water partition coefficient (Wildman–Crippen LogP) is -6.96. The number of hydrogen-bond donors (Lipinski definition) is 21. The molecule has 0 aromatic heterocycles. The zero-order valence-corrected chi connectivity index (χ0v) is 62.8.